The molecule has 0 aromatic carbocycles. The van der Waals surface area contributed by atoms with Crippen LogP contribution in [0, 0.1) is 6.92 Å². The number of aromatic nitrogens is 3. The smallest absolute Gasteiger partial charge is 0.416 e. The number of hydrogen-bond acceptors (Lipinski definition) is 6. The van der Waals surface area contributed by atoms with Gasteiger partial charge in [0.2, 0.25) is 5.91 Å². The van der Waals surface area contributed by atoms with Crippen molar-refractivity contribution in [3.63, 3.8) is 0 Å². The van der Waals surface area contributed by atoms with Crippen molar-refractivity contribution in [3.8, 4) is 0 Å². The summed E-state index contributed by atoms with van der Waals surface area (Å²) in [6, 6.07) is 0.476. The Morgan fingerprint density at radius 2 is 2.26 bits per heavy atom. The third kappa shape index (κ3) is 2.44. The first-order valence-electron chi connectivity index (χ1n) is 6.18. The fraction of sp³-hybridized carbons (Fsp3) is 0.636. The molecule has 1 saturated carbocycles. The molecule has 0 unspecified atom stereocenters. The summed E-state index contributed by atoms with van der Waals surface area (Å²) >= 11 is 1.32. The standard InChI is InChI=1S/C11H14N4O3S/c1-7-12-13-10(15(7)8-2-3-8)19-6-9(16)14-4-5-18-11(14)17/h8H,2-6H2,1H3. The van der Waals surface area contributed by atoms with Crippen LogP contribution in [0.2, 0.25) is 0 Å². The molecule has 0 radical (unpaired) electrons. The molecule has 102 valence electrons. The molecule has 0 spiro atoms. The van der Waals surface area contributed by atoms with Crippen LogP contribution in [-0.4, -0.2) is 50.6 Å². The predicted molar refractivity (Wildman–Crippen MR) is 66.8 cm³/mol. The average molecular weight is 282 g/mol. The zero-order chi connectivity index (χ0) is 13.4. The van der Waals surface area contributed by atoms with Crippen molar-refractivity contribution in [1.29, 1.82) is 0 Å². The molecule has 2 aliphatic rings. The van der Waals surface area contributed by atoms with E-state index in [9.17, 15) is 9.59 Å². The normalized spacial score (nSPS) is 18.8. The highest BCUT2D eigenvalue weighted by Gasteiger charge is 2.31. The van der Waals surface area contributed by atoms with Crippen molar-refractivity contribution in [1.82, 2.24) is 19.7 Å². The van der Waals surface area contributed by atoms with E-state index < -0.39 is 6.09 Å². The molecule has 1 aromatic heterocycles. The molecule has 19 heavy (non-hydrogen) atoms. The van der Waals surface area contributed by atoms with E-state index in [2.05, 4.69) is 14.8 Å². The van der Waals surface area contributed by atoms with E-state index in [1.807, 2.05) is 6.92 Å². The maximum atomic E-state index is 11.9. The molecule has 0 atom stereocenters. The van der Waals surface area contributed by atoms with Gasteiger partial charge in [0.05, 0.1) is 12.3 Å². The lowest BCUT2D eigenvalue weighted by Gasteiger charge is -2.10. The van der Waals surface area contributed by atoms with Crippen LogP contribution in [0.4, 0.5) is 4.79 Å². The van der Waals surface area contributed by atoms with E-state index in [0.29, 0.717) is 12.6 Å². The molecule has 0 N–H and O–H groups in total. The molecular formula is C11H14N4O3S. The van der Waals surface area contributed by atoms with Gasteiger partial charge in [0.1, 0.15) is 12.4 Å². The second-order valence-corrected chi connectivity index (χ2v) is 5.52. The SMILES string of the molecule is Cc1nnc(SCC(=O)N2CCOC2=O)n1C1CC1. The summed E-state index contributed by atoms with van der Waals surface area (Å²) in [5.74, 6) is 0.813. The molecule has 8 heteroatoms. The number of amides is 2. The highest BCUT2D eigenvalue weighted by Crippen LogP contribution is 2.38. The maximum Gasteiger partial charge on any atom is 0.416 e. The van der Waals surface area contributed by atoms with Gasteiger partial charge in [-0.2, -0.15) is 0 Å². The first-order chi connectivity index (χ1) is 9.16. The van der Waals surface area contributed by atoms with Gasteiger partial charge in [-0.15, -0.1) is 10.2 Å². The number of nitrogens with zero attached hydrogens (tertiary/aromatic N) is 4. The largest absolute Gasteiger partial charge is 0.447 e. The zero-order valence-electron chi connectivity index (χ0n) is 10.5. The third-order valence-corrected chi connectivity index (χ3v) is 4.06. The molecule has 1 aromatic rings. The highest BCUT2D eigenvalue weighted by atomic mass is 32.2. The summed E-state index contributed by atoms with van der Waals surface area (Å²) < 4.78 is 6.81. The van der Waals surface area contributed by atoms with Gasteiger partial charge in [0, 0.05) is 6.04 Å². The van der Waals surface area contributed by atoms with Gasteiger partial charge in [0.15, 0.2) is 5.16 Å². The van der Waals surface area contributed by atoms with Crippen molar-refractivity contribution in [2.75, 3.05) is 18.9 Å². The minimum Gasteiger partial charge on any atom is -0.447 e. The Bertz CT molecular complexity index is 526. The van der Waals surface area contributed by atoms with Crippen LogP contribution >= 0.6 is 11.8 Å². The fourth-order valence-corrected chi connectivity index (χ4v) is 2.95. The molecule has 3 rings (SSSR count). The number of thioether (sulfide) groups is 1. The summed E-state index contributed by atoms with van der Waals surface area (Å²) in [5.41, 5.74) is 0. The minimum absolute atomic E-state index is 0.181. The first kappa shape index (κ1) is 12.5. The van der Waals surface area contributed by atoms with Crippen LogP contribution in [0.25, 0.3) is 0 Å². The van der Waals surface area contributed by atoms with Crippen molar-refractivity contribution in [2.45, 2.75) is 31.0 Å². The van der Waals surface area contributed by atoms with Crippen LogP contribution in [0.5, 0.6) is 0 Å². The van der Waals surface area contributed by atoms with E-state index in [1.54, 1.807) is 0 Å². The Morgan fingerprint density at radius 3 is 2.89 bits per heavy atom. The van der Waals surface area contributed by atoms with Crippen molar-refractivity contribution < 1.29 is 14.3 Å². The Hall–Kier alpha value is -1.57. The lowest BCUT2D eigenvalue weighted by atomic mass is 10.5. The predicted octanol–water partition coefficient (Wildman–Crippen LogP) is 0.992. The van der Waals surface area contributed by atoms with E-state index in [-0.39, 0.29) is 18.3 Å². The second-order valence-electron chi connectivity index (χ2n) is 4.58. The molecule has 2 heterocycles. The molecule has 1 aliphatic heterocycles. The van der Waals surface area contributed by atoms with E-state index in [0.717, 1.165) is 28.7 Å². The Morgan fingerprint density at radius 1 is 1.47 bits per heavy atom. The number of rotatable bonds is 4. The Balaban J connectivity index is 1.63. The third-order valence-electron chi connectivity index (χ3n) is 3.13. The molecule has 1 aliphatic carbocycles. The van der Waals surface area contributed by atoms with Crippen LogP contribution in [0.3, 0.4) is 0 Å². The number of imide groups is 1. The fourth-order valence-electron chi connectivity index (χ4n) is 2.03. The molecule has 2 fully saturated rings. The lowest BCUT2D eigenvalue weighted by Crippen LogP contribution is -2.33. The van der Waals surface area contributed by atoms with Gasteiger partial charge in [-0.25, -0.2) is 9.69 Å². The number of carbonyl (C=O) groups excluding carboxylic acids is 2. The number of cyclic esters (lactones) is 1. The minimum atomic E-state index is -0.551. The van der Waals surface area contributed by atoms with Crippen molar-refractivity contribution >= 4 is 23.8 Å². The molecular weight excluding hydrogens is 268 g/mol. The van der Waals surface area contributed by atoms with Gasteiger partial charge >= 0.3 is 6.09 Å². The van der Waals surface area contributed by atoms with E-state index >= 15 is 0 Å². The first-order valence-corrected chi connectivity index (χ1v) is 7.17. The topological polar surface area (TPSA) is 77.3 Å². The van der Waals surface area contributed by atoms with Gasteiger partial charge in [0.25, 0.3) is 0 Å². The summed E-state index contributed by atoms with van der Waals surface area (Å²) in [5, 5.41) is 8.88. The van der Waals surface area contributed by atoms with Gasteiger partial charge in [-0.1, -0.05) is 11.8 Å². The molecule has 0 bridgehead atoms. The number of hydrogen-bond donors (Lipinski definition) is 0. The quantitative estimate of drug-likeness (QED) is 0.766. The Kier molecular flexibility index (Phi) is 3.17. The van der Waals surface area contributed by atoms with Gasteiger partial charge < -0.3 is 9.30 Å². The van der Waals surface area contributed by atoms with E-state index in [1.165, 1.54) is 11.8 Å². The maximum absolute atomic E-state index is 11.9. The van der Waals surface area contributed by atoms with Crippen LogP contribution in [0.15, 0.2) is 5.16 Å². The molecule has 2 amide bonds. The van der Waals surface area contributed by atoms with Crippen molar-refractivity contribution in [3.05, 3.63) is 5.82 Å². The van der Waals surface area contributed by atoms with Gasteiger partial charge in [-0.3, -0.25) is 4.79 Å². The zero-order valence-corrected chi connectivity index (χ0v) is 11.4. The summed E-state index contributed by atoms with van der Waals surface area (Å²) in [6.45, 7) is 2.54. The van der Waals surface area contributed by atoms with Crippen LogP contribution in [-0.2, 0) is 9.53 Å². The summed E-state index contributed by atoms with van der Waals surface area (Å²) in [6.07, 6.45) is 1.72. The molecule has 7 nitrogen and oxygen atoms in total. The summed E-state index contributed by atoms with van der Waals surface area (Å²) in [7, 11) is 0. The number of ether oxygens (including phenoxy) is 1. The van der Waals surface area contributed by atoms with Gasteiger partial charge in [-0.05, 0) is 19.8 Å². The lowest BCUT2D eigenvalue weighted by molar-refractivity contribution is -0.125. The Labute approximate surface area is 114 Å². The molecule has 1 saturated heterocycles. The van der Waals surface area contributed by atoms with Crippen LogP contribution in [0.1, 0.15) is 24.7 Å². The second kappa shape index (κ2) is 4.84. The average Bonchev–Trinajstić information content (AvgIpc) is 3.02. The summed E-state index contributed by atoms with van der Waals surface area (Å²) in [4.78, 5) is 24.3. The van der Waals surface area contributed by atoms with E-state index in [4.69, 9.17) is 4.74 Å². The highest BCUT2D eigenvalue weighted by molar-refractivity contribution is 7.99. The van der Waals surface area contributed by atoms with Crippen LogP contribution < -0.4 is 0 Å². The van der Waals surface area contributed by atoms with Crippen molar-refractivity contribution in [2.24, 2.45) is 0 Å². The number of carbonyl (C=O) groups is 2. The monoisotopic (exact) mass is 282 g/mol. The number of aryl methyl sites for hydroxylation is 1.